The van der Waals surface area contributed by atoms with Gasteiger partial charge in [-0.1, -0.05) is 12.1 Å². The van der Waals surface area contributed by atoms with Crippen molar-refractivity contribution in [2.75, 3.05) is 6.54 Å². The predicted molar refractivity (Wildman–Crippen MR) is 67.0 cm³/mol. The summed E-state index contributed by atoms with van der Waals surface area (Å²) in [6.07, 6.45) is 3.15. The van der Waals surface area contributed by atoms with Crippen molar-refractivity contribution in [3.8, 4) is 0 Å². The normalized spacial score (nSPS) is 11.0. The zero-order valence-corrected chi connectivity index (χ0v) is 10.9. The van der Waals surface area contributed by atoms with Crippen LogP contribution < -0.4 is 5.32 Å². The number of nitrogens with one attached hydrogen (secondary N) is 1. The molecule has 0 atom stereocenters. The molecule has 6 nitrogen and oxygen atoms in total. The van der Waals surface area contributed by atoms with E-state index in [9.17, 15) is 0 Å². The lowest BCUT2D eigenvalue weighted by Gasteiger charge is -2.05. The second-order valence-electron chi connectivity index (χ2n) is 4.06. The second kappa shape index (κ2) is 6.30. The highest BCUT2D eigenvalue weighted by Gasteiger charge is 2.05. The van der Waals surface area contributed by atoms with Crippen LogP contribution in [-0.4, -0.2) is 26.5 Å². The molecule has 0 aliphatic carbocycles. The molecule has 0 spiro atoms. The van der Waals surface area contributed by atoms with Gasteiger partial charge >= 0.3 is 0 Å². The van der Waals surface area contributed by atoms with Crippen LogP contribution in [-0.2, 0) is 25.9 Å². The molecule has 0 aliphatic rings. The fourth-order valence-electron chi connectivity index (χ4n) is 1.82. The topological polar surface area (TPSA) is 68.8 Å². The second-order valence-corrected chi connectivity index (χ2v) is 4.06. The summed E-state index contributed by atoms with van der Waals surface area (Å²) >= 11 is 0. The van der Waals surface area contributed by atoms with Crippen LogP contribution in [0.25, 0.3) is 0 Å². The Morgan fingerprint density at radius 1 is 1.39 bits per heavy atom. The van der Waals surface area contributed by atoms with Crippen LogP contribution in [0, 0.1) is 0 Å². The van der Waals surface area contributed by atoms with Crippen LogP contribution in [0.4, 0.5) is 0 Å². The van der Waals surface area contributed by atoms with Crippen molar-refractivity contribution in [1.82, 2.24) is 25.2 Å². The highest BCUT2D eigenvalue weighted by atomic mass is 16.5. The van der Waals surface area contributed by atoms with Gasteiger partial charge in [0.1, 0.15) is 0 Å². The lowest BCUT2D eigenvalue weighted by molar-refractivity contribution is 0.374. The fourth-order valence-corrected chi connectivity index (χ4v) is 1.82. The van der Waals surface area contributed by atoms with Gasteiger partial charge in [-0.05, 0) is 19.4 Å². The Balaban J connectivity index is 1.80. The van der Waals surface area contributed by atoms with Gasteiger partial charge in [-0.25, -0.2) is 0 Å². The first-order valence-corrected chi connectivity index (χ1v) is 6.35. The van der Waals surface area contributed by atoms with Gasteiger partial charge in [0.2, 0.25) is 5.89 Å². The van der Waals surface area contributed by atoms with E-state index >= 15 is 0 Å². The first-order valence-electron chi connectivity index (χ1n) is 6.35. The van der Waals surface area contributed by atoms with E-state index < -0.39 is 0 Å². The number of rotatable bonds is 7. The minimum absolute atomic E-state index is 0.667. The summed E-state index contributed by atoms with van der Waals surface area (Å²) in [7, 11) is 0. The predicted octanol–water partition coefficient (Wildman–Crippen LogP) is 1.18. The molecule has 2 heterocycles. The van der Waals surface area contributed by atoms with Crippen LogP contribution in [0.5, 0.6) is 0 Å². The Kier molecular flexibility index (Phi) is 4.46. The molecule has 0 aliphatic heterocycles. The van der Waals surface area contributed by atoms with Crippen molar-refractivity contribution in [3.63, 3.8) is 0 Å². The molecule has 18 heavy (non-hydrogen) atoms. The summed E-state index contributed by atoms with van der Waals surface area (Å²) in [5, 5.41) is 11.4. The van der Waals surface area contributed by atoms with Crippen molar-refractivity contribution >= 4 is 0 Å². The third-order valence-electron chi connectivity index (χ3n) is 2.80. The maximum atomic E-state index is 4.93. The Hall–Kier alpha value is -1.69. The molecular formula is C12H19N5O. The summed E-state index contributed by atoms with van der Waals surface area (Å²) in [6, 6.07) is 2.16. The van der Waals surface area contributed by atoms with Gasteiger partial charge in [0.15, 0.2) is 6.33 Å². The molecule has 2 rings (SSSR count). The van der Waals surface area contributed by atoms with E-state index in [1.165, 1.54) is 12.0 Å². The van der Waals surface area contributed by atoms with Crippen LogP contribution in [0.1, 0.15) is 31.1 Å². The average molecular weight is 249 g/mol. The maximum Gasteiger partial charge on any atom is 0.227 e. The van der Waals surface area contributed by atoms with E-state index in [1.807, 2.05) is 4.68 Å². The first-order chi connectivity index (χ1) is 8.83. The Bertz CT molecular complexity index is 463. The SMILES string of the molecule is CCc1cc(CNCCc2ncno2)n(CC)n1. The molecule has 0 saturated carbocycles. The fraction of sp³-hybridized carbons (Fsp3) is 0.583. The number of aryl methyl sites for hydroxylation is 2. The monoisotopic (exact) mass is 249 g/mol. The highest BCUT2D eigenvalue weighted by Crippen LogP contribution is 2.05. The summed E-state index contributed by atoms with van der Waals surface area (Å²) in [5.41, 5.74) is 2.37. The van der Waals surface area contributed by atoms with E-state index in [2.05, 4.69) is 40.5 Å². The lowest BCUT2D eigenvalue weighted by atomic mass is 10.3. The standard InChI is InChI=1S/C12H19N5O/c1-3-10-7-11(17(4-2)16-10)8-13-6-5-12-14-9-15-18-12/h7,9,13H,3-6,8H2,1-2H3. The van der Waals surface area contributed by atoms with E-state index in [0.717, 1.165) is 38.2 Å². The third kappa shape index (κ3) is 3.16. The van der Waals surface area contributed by atoms with Gasteiger partial charge in [-0.15, -0.1) is 0 Å². The molecule has 6 heteroatoms. The van der Waals surface area contributed by atoms with Crippen molar-refractivity contribution in [3.05, 3.63) is 29.7 Å². The largest absolute Gasteiger partial charge is 0.340 e. The number of aromatic nitrogens is 4. The van der Waals surface area contributed by atoms with Crippen molar-refractivity contribution in [2.24, 2.45) is 0 Å². The molecule has 2 aromatic rings. The maximum absolute atomic E-state index is 4.93. The molecule has 0 fully saturated rings. The first kappa shape index (κ1) is 12.8. The van der Waals surface area contributed by atoms with Gasteiger partial charge in [-0.2, -0.15) is 10.1 Å². The van der Waals surface area contributed by atoms with Crippen molar-refractivity contribution in [2.45, 2.75) is 39.8 Å². The van der Waals surface area contributed by atoms with Gasteiger partial charge in [0, 0.05) is 26.1 Å². The Morgan fingerprint density at radius 3 is 2.94 bits per heavy atom. The quantitative estimate of drug-likeness (QED) is 0.746. The van der Waals surface area contributed by atoms with Gasteiger partial charge in [-0.3, -0.25) is 4.68 Å². The third-order valence-corrected chi connectivity index (χ3v) is 2.80. The molecule has 0 bridgehead atoms. The molecular weight excluding hydrogens is 230 g/mol. The molecule has 1 N–H and O–H groups in total. The van der Waals surface area contributed by atoms with Crippen LogP contribution in [0.3, 0.4) is 0 Å². The molecule has 0 unspecified atom stereocenters. The number of hydrogen-bond acceptors (Lipinski definition) is 5. The Labute approximate surface area is 106 Å². The van der Waals surface area contributed by atoms with E-state index in [1.54, 1.807) is 0 Å². The summed E-state index contributed by atoms with van der Waals surface area (Å²) < 4.78 is 6.97. The van der Waals surface area contributed by atoms with E-state index in [-0.39, 0.29) is 0 Å². The van der Waals surface area contributed by atoms with Crippen LogP contribution >= 0.6 is 0 Å². The average Bonchev–Trinajstić information content (AvgIpc) is 3.03. The van der Waals surface area contributed by atoms with Crippen LogP contribution in [0.15, 0.2) is 16.9 Å². The lowest BCUT2D eigenvalue weighted by Crippen LogP contribution is -2.19. The highest BCUT2D eigenvalue weighted by molar-refractivity contribution is 5.10. The number of nitrogens with zero attached hydrogens (tertiary/aromatic N) is 4. The summed E-state index contributed by atoms with van der Waals surface area (Å²) in [6.45, 7) is 6.76. The van der Waals surface area contributed by atoms with Crippen LogP contribution in [0.2, 0.25) is 0 Å². The summed E-state index contributed by atoms with van der Waals surface area (Å²) in [4.78, 5) is 3.98. The molecule has 0 radical (unpaired) electrons. The zero-order chi connectivity index (χ0) is 12.8. The molecule has 0 amide bonds. The summed E-state index contributed by atoms with van der Waals surface area (Å²) in [5.74, 6) is 0.667. The van der Waals surface area contributed by atoms with E-state index in [0.29, 0.717) is 5.89 Å². The molecule has 0 aromatic carbocycles. The van der Waals surface area contributed by atoms with Gasteiger partial charge < -0.3 is 9.84 Å². The number of hydrogen-bond donors (Lipinski definition) is 1. The molecule has 98 valence electrons. The molecule has 2 aromatic heterocycles. The minimum atomic E-state index is 0.667. The smallest absolute Gasteiger partial charge is 0.227 e. The Morgan fingerprint density at radius 2 is 2.28 bits per heavy atom. The minimum Gasteiger partial charge on any atom is -0.340 e. The zero-order valence-electron chi connectivity index (χ0n) is 10.9. The van der Waals surface area contributed by atoms with E-state index in [4.69, 9.17) is 4.52 Å². The van der Waals surface area contributed by atoms with Crippen molar-refractivity contribution in [1.29, 1.82) is 0 Å². The molecule has 0 saturated heterocycles. The van der Waals surface area contributed by atoms with Gasteiger partial charge in [0.25, 0.3) is 0 Å². The van der Waals surface area contributed by atoms with Gasteiger partial charge in [0.05, 0.1) is 11.4 Å². The van der Waals surface area contributed by atoms with Crippen molar-refractivity contribution < 1.29 is 4.52 Å².